The number of hydrogen-bond acceptors (Lipinski definition) is 7. The van der Waals surface area contributed by atoms with Gasteiger partial charge < -0.3 is 14.8 Å². The quantitative estimate of drug-likeness (QED) is 0.197. The van der Waals surface area contributed by atoms with Crippen molar-refractivity contribution in [1.29, 1.82) is 0 Å². The maximum Gasteiger partial charge on any atom is 0.573 e. The molecule has 1 fully saturated rings. The van der Waals surface area contributed by atoms with Gasteiger partial charge in [0.1, 0.15) is 12.1 Å². The molecule has 3 amide bonds. The molecule has 246 valence electrons. The first-order chi connectivity index (χ1) is 22.1. The molecule has 1 aliphatic heterocycles. The summed E-state index contributed by atoms with van der Waals surface area (Å²) in [6.45, 7) is 1.64. The van der Waals surface area contributed by atoms with Crippen LogP contribution in [0.5, 0.6) is 5.75 Å². The SMILES string of the molecule is COC(c1ccc(C)cc1N1C(=O)CSC1=NC(=O)Nc1ccc(-n2cnc(-c3ccc(OC(F)(F)F)cc3)n2)cc1Cl)C(F)(F)F. The number of thioether (sulfide) groups is 1. The van der Waals surface area contributed by atoms with Crippen LogP contribution < -0.4 is 15.0 Å². The molecule has 1 N–H and O–H groups in total. The molecule has 0 bridgehead atoms. The zero-order valence-corrected chi connectivity index (χ0v) is 25.6. The van der Waals surface area contributed by atoms with Crippen LogP contribution in [0.25, 0.3) is 17.1 Å². The van der Waals surface area contributed by atoms with Gasteiger partial charge in [0, 0.05) is 18.2 Å². The fourth-order valence-corrected chi connectivity index (χ4v) is 5.57. The second-order valence-electron chi connectivity index (χ2n) is 9.81. The molecule has 1 saturated heterocycles. The Bertz CT molecular complexity index is 1850. The molecule has 18 heteroatoms. The number of amides is 3. The Balaban J connectivity index is 1.33. The summed E-state index contributed by atoms with van der Waals surface area (Å²) in [5, 5.41) is 6.71. The van der Waals surface area contributed by atoms with E-state index in [-0.39, 0.29) is 38.7 Å². The number of hydrogen-bond donors (Lipinski definition) is 1. The third-order valence-electron chi connectivity index (χ3n) is 6.50. The van der Waals surface area contributed by atoms with Gasteiger partial charge in [-0.2, -0.15) is 18.2 Å². The highest BCUT2D eigenvalue weighted by molar-refractivity contribution is 8.15. The van der Waals surface area contributed by atoms with Crippen LogP contribution in [-0.4, -0.2) is 57.3 Å². The summed E-state index contributed by atoms with van der Waals surface area (Å²) in [7, 11) is 0.903. The van der Waals surface area contributed by atoms with Crippen LogP contribution in [-0.2, 0) is 9.53 Å². The van der Waals surface area contributed by atoms with Crippen LogP contribution in [0.2, 0.25) is 5.02 Å². The smallest absolute Gasteiger partial charge is 0.406 e. The van der Waals surface area contributed by atoms with Crippen LogP contribution in [0.3, 0.4) is 0 Å². The van der Waals surface area contributed by atoms with Crippen molar-refractivity contribution < 1.29 is 45.4 Å². The van der Waals surface area contributed by atoms with E-state index in [1.54, 1.807) is 6.92 Å². The highest BCUT2D eigenvalue weighted by Gasteiger charge is 2.44. The second-order valence-corrected chi connectivity index (χ2v) is 11.2. The number of methoxy groups -OCH3 is 1. The number of amidine groups is 1. The van der Waals surface area contributed by atoms with E-state index in [1.165, 1.54) is 59.5 Å². The van der Waals surface area contributed by atoms with Gasteiger partial charge in [0.25, 0.3) is 0 Å². The first-order valence-electron chi connectivity index (χ1n) is 13.3. The minimum Gasteiger partial charge on any atom is -0.406 e. The Labute approximate surface area is 271 Å². The van der Waals surface area contributed by atoms with Gasteiger partial charge in [0.2, 0.25) is 5.91 Å². The molecule has 1 atom stereocenters. The van der Waals surface area contributed by atoms with Crippen LogP contribution in [0.4, 0.5) is 42.5 Å². The van der Waals surface area contributed by atoms with Crippen LogP contribution in [0.15, 0.2) is 72.0 Å². The molecule has 0 aliphatic carbocycles. The molecule has 0 saturated carbocycles. The van der Waals surface area contributed by atoms with Crippen molar-refractivity contribution in [2.24, 2.45) is 4.99 Å². The van der Waals surface area contributed by atoms with Gasteiger partial charge in [-0.1, -0.05) is 35.5 Å². The number of urea groups is 1. The highest BCUT2D eigenvalue weighted by atomic mass is 35.5. The van der Waals surface area contributed by atoms with Crippen LogP contribution >= 0.6 is 23.4 Å². The number of nitrogens with zero attached hydrogens (tertiary/aromatic N) is 5. The molecule has 47 heavy (non-hydrogen) atoms. The number of aryl methyl sites for hydroxylation is 1. The van der Waals surface area contributed by atoms with E-state index >= 15 is 0 Å². The number of aromatic nitrogens is 3. The number of aliphatic imine (C=N–C) groups is 1. The van der Waals surface area contributed by atoms with Crippen LogP contribution in [0, 0.1) is 6.92 Å². The summed E-state index contributed by atoms with van der Waals surface area (Å²) in [5.41, 5.74) is 1.09. The molecule has 1 aliphatic rings. The van der Waals surface area contributed by atoms with Gasteiger partial charge in [-0.15, -0.1) is 18.3 Å². The Hall–Kier alpha value is -4.61. The predicted octanol–water partition coefficient (Wildman–Crippen LogP) is 7.71. The summed E-state index contributed by atoms with van der Waals surface area (Å²) >= 11 is 7.27. The lowest BCUT2D eigenvalue weighted by Gasteiger charge is -2.26. The minimum absolute atomic E-state index is 0.0582. The monoisotopic (exact) mass is 698 g/mol. The molecule has 1 aromatic heterocycles. The number of alkyl halides is 6. The summed E-state index contributed by atoms with van der Waals surface area (Å²) in [5.74, 6) is -0.943. The van der Waals surface area contributed by atoms with Crippen molar-refractivity contribution >= 4 is 51.8 Å². The zero-order valence-electron chi connectivity index (χ0n) is 24.1. The number of benzene rings is 3. The topological polar surface area (TPSA) is 111 Å². The lowest BCUT2D eigenvalue weighted by atomic mass is 10.0. The molecule has 4 aromatic rings. The van der Waals surface area contributed by atoms with E-state index in [2.05, 4.69) is 25.1 Å². The Kier molecular flexibility index (Phi) is 9.51. The molecule has 10 nitrogen and oxygen atoms in total. The average Bonchev–Trinajstić information content (AvgIpc) is 3.61. The van der Waals surface area contributed by atoms with Gasteiger partial charge in [0.05, 0.1) is 27.8 Å². The molecule has 2 heterocycles. The molecule has 1 unspecified atom stereocenters. The van der Waals surface area contributed by atoms with Gasteiger partial charge in [0.15, 0.2) is 17.1 Å². The van der Waals surface area contributed by atoms with Gasteiger partial charge in [-0.3, -0.25) is 9.69 Å². The number of carbonyl (C=O) groups is 2. The number of anilines is 2. The third-order valence-corrected chi connectivity index (χ3v) is 7.74. The Morgan fingerprint density at radius 1 is 1.06 bits per heavy atom. The fourth-order valence-electron chi connectivity index (χ4n) is 4.49. The summed E-state index contributed by atoms with van der Waals surface area (Å²) < 4.78 is 88.4. The van der Waals surface area contributed by atoms with E-state index in [9.17, 15) is 35.9 Å². The molecule has 0 radical (unpaired) electrons. The second kappa shape index (κ2) is 13.2. The predicted molar refractivity (Wildman–Crippen MR) is 162 cm³/mol. The first kappa shape index (κ1) is 33.7. The normalized spacial score (nSPS) is 15.3. The standard InChI is InChI=1S/C29H21ClF6N6O4S/c1-15-3-9-19(24(45-2)28(31,32)33)22(11-15)42-23(43)13-47-27(42)39-26(44)38-21-10-6-17(12-20(21)30)41-14-37-25(40-41)16-4-7-18(8-5-16)46-29(34,35)36/h3-12,14,24H,13H2,1-2H3,(H,38,44). The lowest BCUT2D eigenvalue weighted by molar-refractivity contribution is -0.274. The molecular formula is C29H21ClF6N6O4S. The number of carbonyl (C=O) groups excluding carboxylic acids is 2. The van der Waals surface area contributed by atoms with Crippen molar-refractivity contribution in [2.45, 2.75) is 25.6 Å². The molecule has 5 rings (SSSR count). The van der Waals surface area contributed by atoms with Crippen molar-refractivity contribution in [3.8, 4) is 22.8 Å². The largest absolute Gasteiger partial charge is 0.573 e. The van der Waals surface area contributed by atoms with E-state index < -0.39 is 36.3 Å². The van der Waals surface area contributed by atoms with Crippen molar-refractivity contribution in [3.63, 3.8) is 0 Å². The van der Waals surface area contributed by atoms with Gasteiger partial charge in [-0.25, -0.2) is 14.5 Å². The third kappa shape index (κ3) is 7.86. The fraction of sp³-hybridized carbons (Fsp3) is 0.207. The van der Waals surface area contributed by atoms with E-state index in [0.29, 0.717) is 16.8 Å². The van der Waals surface area contributed by atoms with E-state index in [1.807, 2.05) is 0 Å². The maximum atomic E-state index is 13.7. The van der Waals surface area contributed by atoms with E-state index in [4.69, 9.17) is 16.3 Å². The number of halogens is 7. The lowest BCUT2D eigenvalue weighted by Crippen LogP contribution is -2.33. The zero-order chi connectivity index (χ0) is 34.1. The summed E-state index contributed by atoms with van der Waals surface area (Å²) in [6, 6.07) is 12.5. The molecule has 0 spiro atoms. The number of ether oxygens (including phenoxy) is 2. The van der Waals surface area contributed by atoms with Gasteiger partial charge in [-0.05, 0) is 61.0 Å². The van der Waals surface area contributed by atoms with Gasteiger partial charge >= 0.3 is 18.6 Å². The highest BCUT2D eigenvalue weighted by Crippen LogP contribution is 2.42. The number of nitrogens with one attached hydrogen (secondary N) is 1. The summed E-state index contributed by atoms with van der Waals surface area (Å²) in [6.07, 6.45) is -10.6. The average molecular weight is 699 g/mol. The minimum atomic E-state index is -4.83. The van der Waals surface area contributed by atoms with Crippen LogP contribution in [0.1, 0.15) is 17.2 Å². The van der Waals surface area contributed by atoms with Crippen molar-refractivity contribution in [1.82, 2.24) is 14.8 Å². The first-order valence-corrected chi connectivity index (χ1v) is 14.6. The molecule has 3 aromatic carbocycles. The van der Waals surface area contributed by atoms with E-state index in [0.717, 1.165) is 35.9 Å². The number of rotatable bonds is 7. The summed E-state index contributed by atoms with van der Waals surface area (Å²) in [4.78, 5) is 34.8. The maximum absolute atomic E-state index is 13.7. The Morgan fingerprint density at radius 2 is 1.79 bits per heavy atom. The molecular weight excluding hydrogens is 678 g/mol. The van der Waals surface area contributed by atoms with Crippen molar-refractivity contribution in [3.05, 3.63) is 83.1 Å². The van der Waals surface area contributed by atoms with Crippen molar-refractivity contribution in [2.75, 3.05) is 23.1 Å². The Morgan fingerprint density at radius 3 is 2.43 bits per heavy atom.